The van der Waals surface area contributed by atoms with Crippen molar-refractivity contribution in [1.82, 2.24) is 15.3 Å². The van der Waals surface area contributed by atoms with E-state index in [4.69, 9.17) is 4.98 Å². The third-order valence-electron chi connectivity index (χ3n) is 7.46. The minimum Gasteiger partial charge on any atom is -0.325 e. The van der Waals surface area contributed by atoms with Crippen LogP contribution in [0.2, 0.25) is 0 Å². The van der Waals surface area contributed by atoms with Gasteiger partial charge in [0, 0.05) is 28.9 Å². The number of hydrogen-bond acceptors (Lipinski definition) is 4. The number of aryl methyl sites for hydroxylation is 1. The lowest BCUT2D eigenvalue weighted by Crippen LogP contribution is -2.42. The quantitative estimate of drug-likeness (QED) is 0.872. The lowest BCUT2D eigenvalue weighted by molar-refractivity contribution is 0.329. The zero-order valence-corrected chi connectivity index (χ0v) is 16.2. The summed E-state index contributed by atoms with van der Waals surface area (Å²) < 4.78 is 0. The van der Waals surface area contributed by atoms with E-state index < -0.39 is 0 Å². The summed E-state index contributed by atoms with van der Waals surface area (Å²) >= 11 is 0. The normalized spacial score (nSPS) is 25.7. The van der Waals surface area contributed by atoms with E-state index >= 15 is 0 Å². The molecule has 2 fully saturated rings. The van der Waals surface area contributed by atoms with Gasteiger partial charge in [-0.3, -0.25) is 0 Å². The van der Waals surface area contributed by atoms with Crippen molar-refractivity contribution in [2.24, 2.45) is 0 Å². The van der Waals surface area contributed by atoms with Crippen molar-refractivity contribution in [2.45, 2.75) is 62.7 Å². The van der Waals surface area contributed by atoms with Crippen LogP contribution in [0, 0.1) is 0 Å². The minimum atomic E-state index is 0.283. The SMILES string of the molecule is CC1CCc2ncnc(N3CC4(CCNCC4)c4cc(C5CC5)ccc43)c21. The highest BCUT2D eigenvalue weighted by Gasteiger charge is 2.45. The molecule has 1 aromatic heterocycles. The molecule has 1 N–H and O–H groups in total. The number of benzene rings is 1. The Morgan fingerprint density at radius 1 is 1.11 bits per heavy atom. The van der Waals surface area contributed by atoms with Crippen LogP contribution in [0.15, 0.2) is 24.5 Å². The molecule has 1 spiro atoms. The third-order valence-corrected chi connectivity index (χ3v) is 7.46. The van der Waals surface area contributed by atoms with E-state index in [-0.39, 0.29) is 5.41 Å². The summed E-state index contributed by atoms with van der Waals surface area (Å²) in [5, 5.41) is 3.58. The van der Waals surface area contributed by atoms with Crippen LogP contribution in [0.5, 0.6) is 0 Å². The van der Waals surface area contributed by atoms with Gasteiger partial charge < -0.3 is 10.2 Å². The molecule has 0 amide bonds. The zero-order chi connectivity index (χ0) is 18.0. The number of aromatic nitrogens is 2. The molecule has 1 saturated heterocycles. The van der Waals surface area contributed by atoms with Gasteiger partial charge in [-0.2, -0.15) is 0 Å². The largest absolute Gasteiger partial charge is 0.325 e. The molecule has 27 heavy (non-hydrogen) atoms. The van der Waals surface area contributed by atoms with Crippen LogP contribution < -0.4 is 10.2 Å². The molecule has 4 nitrogen and oxygen atoms in total. The fourth-order valence-electron chi connectivity index (χ4n) is 5.72. The second kappa shape index (κ2) is 5.78. The van der Waals surface area contributed by atoms with Crippen LogP contribution in [-0.2, 0) is 11.8 Å². The van der Waals surface area contributed by atoms with E-state index in [9.17, 15) is 0 Å². The van der Waals surface area contributed by atoms with Crippen molar-refractivity contribution in [1.29, 1.82) is 0 Å². The van der Waals surface area contributed by atoms with Gasteiger partial charge in [0.1, 0.15) is 12.1 Å². The molecule has 1 unspecified atom stereocenters. The van der Waals surface area contributed by atoms with E-state index in [0.29, 0.717) is 5.92 Å². The topological polar surface area (TPSA) is 41.1 Å². The Balaban J connectivity index is 1.50. The second-order valence-electron chi connectivity index (χ2n) is 9.16. The highest BCUT2D eigenvalue weighted by atomic mass is 15.2. The first-order valence-corrected chi connectivity index (χ1v) is 10.7. The Kier molecular flexibility index (Phi) is 3.44. The van der Waals surface area contributed by atoms with Crippen molar-refractivity contribution in [3.8, 4) is 0 Å². The number of fused-ring (bicyclic) bond motifs is 3. The standard InChI is InChI=1S/C23H28N4/c1-15-2-6-19-21(15)22(26-14-25-19)27-13-23(8-10-24-11-9-23)18-12-17(16-3-4-16)5-7-20(18)27/h5,7,12,14-16,24H,2-4,6,8-11,13H2,1H3. The minimum absolute atomic E-state index is 0.283. The number of anilines is 2. The van der Waals surface area contributed by atoms with Crippen molar-refractivity contribution < 1.29 is 0 Å². The van der Waals surface area contributed by atoms with Crippen LogP contribution in [0.25, 0.3) is 0 Å². The molecule has 1 atom stereocenters. The molecular formula is C23H28N4. The molecule has 140 valence electrons. The first kappa shape index (κ1) is 16.1. The van der Waals surface area contributed by atoms with Gasteiger partial charge in [0.05, 0.1) is 0 Å². The Morgan fingerprint density at radius 3 is 2.78 bits per heavy atom. The van der Waals surface area contributed by atoms with Gasteiger partial charge in [-0.1, -0.05) is 19.1 Å². The maximum absolute atomic E-state index is 4.83. The van der Waals surface area contributed by atoms with Gasteiger partial charge in [0.2, 0.25) is 0 Å². The van der Waals surface area contributed by atoms with Gasteiger partial charge in [-0.15, -0.1) is 0 Å². The zero-order valence-electron chi connectivity index (χ0n) is 16.2. The van der Waals surface area contributed by atoms with E-state index in [1.807, 2.05) is 0 Å². The van der Waals surface area contributed by atoms with Crippen molar-refractivity contribution in [2.75, 3.05) is 24.5 Å². The number of nitrogens with one attached hydrogen (secondary N) is 1. The molecule has 6 rings (SSSR count). The number of nitrogens with zero attached hydrogens (tertiary/aromatic N) is 3. The summed E-state index contributed by atoms with van der Waals surface area (Å²) in [5.74, 6) is 2.56. The molecule has 2 aliphatic carbocycles. The van der Waals surface area contributed by atoms with Gasteiger partial charge >= 0.3 is 0 Å². The highest BCUT2D eigenvalue weighted by Crippen LogP contribution is 2.52. The molecular weight excluding hydrogens is 332 g/mol. The molecule has 3 heterocycles. The maximum atomic E-state index is 4.83. The van der Waals surface area contributed by atoms with Gasteiger partial charge in [-0.05, 0) is 80.6 Å². The molecule has 1 aromatic carbocycles. The third kappa shape index (κ3) is 2.39. The average molecular weight is 361 g/mol. The average Bonchev–Trinajstić information content (AvgIpc) is 3.43. The Hall–Kier alpha value is -1.94. The molecule has 0 radical (unpaired) electrons. The van der Waals surface area contributed by atoms with Crippen molar-refractivity contribution in [3.05, 3.63) is 46.9 Å². The number of rotatable bonds is 2. The summed E-state index contributed by atoms with van der Waals surface area (Å²) in [6, 6.07) is 7.34. The number of hydrogen-bond donors (Lipinski definition) is 1. The lowest BCUT2D eigenvalue weighted by Gasteiger charge is -2.35. The van der Waals surface area contributed by atoms with Crippen molar-refractivity contribution in [3.63, 3.8) is 0 Å². The van der Waals surface area contributed by atoms with Gasteiger partial charge in [0.25, 0.3) is 0 Å². The van der Waals surface area contributed by atoms with Crippen LogP contribution >= 0.6 is 0 Å². The van der Waals surface area contributed by atoms with Crippen molar-refractivity contribution >= 4 is 11.5 Å². The first-order valence-electron chi connectivity index (χ1n) is 10.7. The molecule has 0 bridgehead atoms. The number of piperidine rings is 1. The van der Waals surface area contributed by atoms with E-state index in [1.54, 1.807) is 17.5 Å². The predicted octanol–water partition coefficient (Wildman–Crippen LogP) is 4.18. The van der Waals surface area contributed by atoms with Crippen LogP contribution in [0.3, 0.4) is 0 Å². The fraction of sp³-hybridized carbons (Fsp3) is 0.565. The van der Waals surface area contributed by atoms with E-state index in [1.165, 1.54) is 54.9 Å². The van der Waals surface area contributed by atoms with Crippen LogP contribution in [0.1, 0.15) is 73.2 Å². The molecule has 4 aliphatic rings. The Labute approximate surface area is 161 Å². The van der Waals surface area contributed by atoms with E-state index in [0.717, 1.165) is 32.0 Å². The summed E-state index contributed by atoms with van der Waals surface area (Å²) in [7, 11) is 0. The highest BCUT2D eigenvalue weighted by molar-refractivity contribution is 5.74. The van der Waals surface area contributed by atoms with E-state index in [2.05, 4.69) is 40.3 Å². The Bertz CT molecular complexity index is 895. The summed E-state index contributed by atoms with van der Waals surface area (Å²) in [5.41, 5.74) is 7.52. The van der Waals surface area contributed by atoms with Gasteiger partial charge in [-0.25, -0.2) is 9.97 Å². The smallest absolute Gasteiger partial charge is 0.140 e. The molecule has 4 heteroatoms. The lowest BCUT2D eigenvalue weighted by atomic mass is 9.74. The van der Waals surface area contributed by atoms with Crippen LogP contribution in [-0.4, -0.2) is 29.6 Å². The van der Waals surface area contributed by atoms with Crippen LogP contribution in [0.4, 0.5) is 11.5 Å². The fourth-order valence-corrected chi connectivity index (χ4v) is 5.72. The molecule has 1 saturated carbocycles. The monoisotopic (exact) mass is 360 g/mol. The molecule has 2 aliphatic heterocycles. The summed E-state index contributed by atoms with van der Waals surface area (Å²) in [4.78, 5) is 12.0. The first-order chi connectivity index (χ1) is 13.3. The second-order valence-corrected chi connectivity index (χ2v) is 9.16. The predicted molar refractivity (Wildman–Crippen MR) is 108 cm³/mol. The summed E-state index contributed by atoms with van der Waals surface area (Å²) in [6.45, 7) is 5.67. The summed E-state index contributed by atoms with van der Waals surface area (Å²) in [6.07, 6.45) is 9.29. The van der Waals surface area contributed by atoms with Gasteiger partial charge in [0.15, 0.2) is 0 Å². The Morgan fingerprint density at radius 2 is 1.96 bits per heavy atom. The maximum Gasteiger partial charge on any atom is 0.140 e. The molecule has 2 aromatic rings.